The van der Waals surface area contributed by atoms with Gasteiger partial charge in [0, 0.05) is 14.8 Å². The van der Waals surface area contributed by atoms with Crippen molar-refractivity contribution in [3.05, 3.63) is 51.2 Å². The monoisotopic (exact) mass is 308 g/mol. The lowest BCUT2D eigenvalue weighted by atomic mass is 10.3. The first kappa shape index (κ1) is 14.6. The van der Waals surface area contributed by atoms with E-state index in [9.17, 15) is 4.79 Å². The summed E-state index contributed by atoms with van der Waals surface area (Å²) >= 11 is 7.36. The predicted molar refractivity (Wildman–Crippen MR) is 81.7 cm³/mol. The zero-order chi connectivity index (χ0) is 14.4. The highest BCUT2D eigenvalue weighted by Crippen LogP contribution is 2.15. The van der Waals surface area contributed by atoms with E-state index < -0.39 is 0 Å². The van der Waals surface area contributed by atoms with Crippen LogP contribution in [0.3, 0.4) is 0 Å². The first-order valence-electron chi connectivity index (χ1n) is 5.90. The van der Waals surface area contributed by atoms with E-state index in [1.54, 1.807) is 41.8 Å². The molecule has 0 atom stereocenters. The fourth-order valence-electron chi connectivity index (χ4n) is 1.40. The first-order chi connectivity index (χ1) is 9.63. The second-order valence-corrected chi connectivity index (χ2v) is 5.74. The summed E-state index contributed by atoms with van der Waals surface area (Å²) in [5.74, 6) is 0.270. The maximum Gasteiger partial charge on any atom is 0.277 e. The molecule has 6 heteroatoms. The van der Waals surface area contributed by atoms with Crippen LogP contribution < -0.4 is 10.2 Å². The number of carbonyl (C=O) groups excluding carboxylic acids is 1. The fourth-order valence-corrected chi connectivity index (χ4v) is 2.28. The molecule has 1 heterocycles. The van der Waals surface area contributed by atoms with E-state index in [1.807, 2.05) is 19.1 Å². The Bertz CT molecular complexity index is 608. The molecule has 0 saturated heterocycles. The average Bonchev–Trinajstić information content (AvgIpc) is 2.84. The van der Waals surface area contributed by atoms with Crippen LogP contribution in [0.15, 0.2) is 41.5 Å². The molecule has 0 unspecified atom stereocenters. The van der Waals surface area contributed by atoms with Crippen LogP contribution in [-0.2, 0) is 4.79 Å². The minimum absolute atomic E-state index is 0.0948. The van der Waals surface area contributed by atoms with Crippen molar-refractivity contribution in [1.29, 1.82) is 0 Å². The predicted octanol–water partition coefficient (Wildman–Crippen LogP) is 3.24. The topological polar surface area (TPSA) is 50.7 Å². The van der Waals surface area contributed by atoms with Gasteiger partial charge in [0.2, 0.25) is 0 Å². The number of amides is 1. The van der Waals surface area contributed by atoms with Gasteiger partial charge in [0.05, 0.1) is 6.21 Å². The summed E-state index contributed by atoms with van der Waals surface area (Å²) in [4.78, 5) is 13.7. The van der Waals surface area contributed by atoms with Crippen LogP contribution in [-0.4, -0.2) is 18.7 Å². The van der Waals surface area contributed by atoms with E-state index in [4.69, 9.17) is 16.3 Å². The van der Waals surface area contributed by atoms with Gasteiger partial charge >= 0.3 is 0 Å². The van der Waals surface area contributed by atoms with Crippen LogP contribution in [0.25, 0.3) is 0 Å². The lowest BCUT2D eigenvalue weighted by Crippen LogP contribution is -2.24. The molecule has 0 saturated carbocycles. The van der Waals surface area contributed by atoms with Crippen LogP contribution in [0, 0.1) is 6.92 Å². The van der Waals surface area contributed by atoms with Gasteiger partial charge in [-0.2, -0.15) is 5.10 Å². The zero-order valence-corrected chi connectivity index (χ0v) is 12.4. The first-order valence-corrected chi connectivity index (χ1v) is 7.09. The smallest absolute Gasteiger partial charge is 0.277 e. The minimum Gasteiger partial charge on any atom is -0.484 e. The Balaban J connectivity index is 1.75. The number of nitrogens with one attached hydrogen (secondary N) is 1. The molecule has 1 aromatic heterocycles. The second-order valence-electron chi connectivity index (χ2n) is 3.98. The summed E-state index contributed by atoms with van der Waals surface area (Å²) < 4.78 is 5.29. The molecule has 4 nitrogen and oxygen atoms in total. The van der Waals surface area contributed by atoms with Crippen molar-refractivity contribution in [2.24, 2.45) is 5.10 Å². The van der Waals surface area contributed by atoms with Gasteiger partial charge in [-0.1, -0.05) is 11.6 Å². The minimum atomic E-state index is -0.315. The molecule has 2 aromatic rings. The number of hydrazone groups is 1. The van der Waals surface area contributed by atoms with Crippen LogP contribution in [0.1, 0.15) is 9.75 Å². The van der Waals surface area contributed by atoms with Crippen molar-refractivity contribution in [1.82, 2.24) is 5.43 Å². The van der Waals surface area contributed by atoms with Gasteiger partial charge in [-0.15, -0.1) is 11.3 Å². The quantitative estimate of drug-likeness (QED) is 0.681. The fraction of sp³-hybridized carbons (Fsp3) is 0.143. The maximum atomic E-state index is 11.5. The van der Waals surface area contributed by atoms with E-state index in [2.05, 4.69) is 10.5 Å². The van der Waals surface area contributed by atoms with Gasteiger partial charge in [-0.05, 0) is 43.3 Å². The number of rotatable bonds is 5. The summed E-state index contributed by atoms with van der Waals surface area (Å²) in [7, 11) is 0. The highest BCUT2D eigenvalue weighted by molar-refractivity contribution is 7.13. The number of hydrogen-bond donors (Lipinski definition) is 1. The molecular formula is C14H13ClN2O2S. The second kappa shape index (κ2) is 7.07. The van der Waals surface area contributed by atoms with Gasteiger partial charge in [-0.25, -0.2) is 5.43 Å². The van der Waals surface area contributed by atoms with Gasteiger partial charge in [0.1, 0.15) is 5.75 Å². The third kappa shape index (κ3) is 4.68. The molecule has 0 aliphatic carbocycles. The van der Waals surface area contributed by atoms with Gasteiger partial charge in [0.15, 0.2) is 6.61 Å². The van der Waals surface area contributed by atoms with E-state index in [-0.39, 0.29) is 12.5 Å². The van der Waals surface area contributed by atoms with E-state index in [1.165, 1.54) is 4.88 Å². The van der Waals surface area contributed by atoms with Crippen molar-refractivity contribution in [3.8, 4) is 5.75 Å². The molecule has 1 N–H and O–H groups in total. The SMILES string of the molecule is Cc1ccc(/C=N\NC(=O)COc2ccc(Cl)cc2)s1. The van der Waals surface area contributed by atoms with Crippen molar-refractivity contribution < 1.29 is 9.53 Å². The van der Waals surface area contributed by atoms with E-state index in [0.717, 1.165) is 4.88 Å². The Morgan fingerprint density at radius 1 is 1.35 bits per heavy atom. The molecule has 1 aromatic carbocycles. The zero-order valence-electron chi connectivity index (χ0n) is 10.8. The number of benzene rings is 1. The molecule has 0 aliphatic rings. The lowest BCUT2D eigenvalue weighted by molar-refractivity contribution is -0.123. The van der Waals surface area contributed by atoms with Gasteiger partial charge < -0.3 is 4.74 Å². The Kier molecular flexibility index (Phi) is 5.15. The largest absolute Gasteiger partial charge is 0.484 e. The highest BCUT2D eigenvalue weighted by atomic mass is 35.5. The molecule has 20 heavy (non-hydrogen) atoms. The normalized spacial score (nSPS) is 10.7. The van der Waals surface area contributed by atoms with Crippen LogP contribution in [0.4, 0.5) is 0 Å². The maximum absolute atomic E-state index is 11.5. The lowest BCUT2D eigenvalue weighted by Gasteiger charge is -2.04. The molecule has 0 bridgehead atoms. The Morgan fingerprint density at radius 2 is 2.10 bits per heavy atom. The van der Waals surface area contributed by atoms with Crippen LogP contribution >= 0.6 is 22.9 Å². The molecule has 0 aliphatic heterocycles. The summed E-state index contributed by atoms with van der Waals surface area (Å²) in [6, 6.07) is 10.7. The van der Waals surface area contributed by atoms with Crippen molar-refractivity contribution in [3.63, 3.8) is 0 Å². The number of nitrogens with zero attached hydrogens (tertiary/aromatic N) is 1. The third-order valence-corrected chi connectivity index (χ3v) is 3.51. The van der Waals surface area contributed by atoms with Crippen molar-refractivity contribution in [2.75, 3.05) is 6.61 Å². The molecule has 104 valence electrons. The standard InChI is InChI=1S/C14H13ClN2O2S/c1-10-2-7-13(20-10)8-16-17-14(18)9-19-12-5-3-11(15)4-6-12/h2-8H,9H2,1H3,(H,17,18)/b16-8-. The summed E-state index contributed by atoms with van der Waals surface area (Å²) in [6.45, 7) is 1.92. The third-order valence-electron chi connectivity index (χ3n) is 2.33. The summed E-state index contributed by atoms with van der Waals surface area (Å²) in [5, 5.41) is 4.49. The van der Waals surface area contributed by atoms with Crippen LogP contribution in [0.5, 0.6) is 5.75 Å². The number of ether oxygens (including phenoxy) is 1. The number of halogens is 1. The number of thiophene rings is 1. The molecule has 0 radical (unpaired) electrons. The van der Waals surface area contributed by atoms with Crippen LogP contribution in [0.2, 0.25) is 5.02 Å². The molecule has 2 rings (SSSR count). The number of carbonyl (C=O) groups is 1. The van der Waals surface area contributed by atoms with Crippen molar-refractivity contribution >= 4 is 35.1 Å². The average molecular weight is 309 g/mol. The molecule has 0 spiro atoms. The number of hydrogen-bond acceptors (Lipinski definition) is 4. The molecular weight excluding hydrogens is 296 g/mol. The summed E-state index contributed by atoms with van der Waals surface area (Å²) in [6.07, 6.45) is 1.61. The Hall–Kier alpha value is -1.85. The number of aryl methyl sites for hydroxylation is 1. The highest BCUT2D eigenvalue weighted by Gasteiger charge is 2.01. The molecule has 0 fully saturated rings. The Morgan fingerprint density at radius 3 is 2.75 bits per heavy atom. The van der Waals surface area contributed by atoms with Gasteiger partial charge in [0.25, 0.3) is 5.91 Å². The van der Waals surface area contributed by atoms with Gasteiger partial charge in [-0.3, -0.25) is 4.79 Å². The molecule has 1 amide bonds. The van der Waals surface area contributed by atoms with Crippen molar-refractivity contribution in [2.45, 2.75) is 6.92 Å². The Labute approximate surface area is 126 Å². The van der Waals surface area contributed by atoms with E-state index >= 15 is 0 Å². The van der Waals surface area contributed by atoms with E-state index in [0.29, 0.717) is 10.8 Å². The summed E-state index contributed by atoms with van der Waals surface area (Å²) in [5.41, 5.74) is 2.41.